The zero-order valence-electron chi connectivity index (χ0n) is 19.7. The molecule has 5 rings (SSSR count). The van der Waals surface area contributed by atoms with Gasteiger partial charge in [0.15, 0.2) is 5.78 Å². The van der Waals surface area contributed by atoms with Crippen molar-refractivity contribution in [3.63, 3.8) is 0 Å². The second kappa shape index (κ2) is 7.02. The molecule has 174 valence electrons. The first-order chi connectivity index (χ1) is 15.0. The number of carbonyl (C=O) groups is 3. The fraction of sp³-hybridized carbons (Fsp3) is 0.731. The van der Waals surface area contributed by atoms with Crippen LogP contribution >= 0.6 is 0 Å². The summed E-state index contributed by atoms with van der Waals surface area (Å²) in [7, 11) is 0. The molecule has 1 aliphatic heterocycles. The monoisotopic (exact) mass is 442 g/mol. The van der Waals surface area contributed by atoms with Crippen molar-refractivity contribution in [3.8, 4) is 0 Å². The lowest BCUT2D eigenvalue weighted by Crippen LogP contribution is -2.56. The molecule has 0 aromatic heterocycles. The molecule has 3 fully saturated rings. The van der Waals surface area contributed by atoms with Gasteiger partial charge in [0.1, 0.15) is 18.0 Å². The van der Waals surface area contributed by atoms with Crippen LogP contribution in [0.4, 0.5) is 0 Å². The van der Waals surface area contributed by atoms with Gasteiger partial charge >= 0.3 is 11.9 Å². The van der Waals surface area contributed by atoms with E-state index in [0.29, 0.717) is 11.8 Å². The van der Waals surface area contributed by atoms with E-state index in [1.54, 1.807) is 0 Å². The molecule has 1 saturated heterocycles. The maximum atomic E-state index is 13.1. The van der Waals surface area contributed by atoms with Crippen molar-refractivity contribution in [2.75, 3.05) is 6.61 Å². The highest BCUT2D eigenvalue weighted by Gasteiger charge is 2.79. The standard InChI is InChI=1S/C26H34O6/c1-14-10-20-19-7-6-17-11-18(31-16(3)28)8-9-25(17,5)26(19)22(32-26)12-24(20,4)23(14)21(29)13-30-15(2)27/h6,11,14,19-20,22-23H,7-10,12-13H2,1-5H3/t14-,19+,20+,22+,23-,24+,25+,26-/m1/s1. The topological polar surface area (TPSA) is 82.2 Å². The first-order valence-electron chi connectivity index (χ1n) is 12.0. The molecular formula is C26H34O6. The molecule has 0 aromatic carbocycles. The van der Waals surface area contributed by atoms with Crippen LogP contribution in [0.3, 0.4) is 0 Å². The molecule has 32 heavy (non-hydrogen) atoms. The van der Waals surface area contributed by atoms with E-state index in [4.69, 9.17) is 14.2 Å². The Morgan fingerprint density at radius 3 is 2.59 bits per heavy atom. The van der Waals surface area contributed by atoms with Gasteiger partial charge < -0.3 is 14.2 Å². The van der Waals surface area contributed by atoms with Crippen LogP contribution in [0, 0.1) is 34.5 Å². The van der Waals surface area contributed by atoms with Crippen LogP contribution in [0.25, 0.3) is 0 Å². The van der Waals surface area contributed by atoms with Crippen LogP contribution in [-0.4, -0.2) is 36.0 Å². The van der Waals surface area contributed by atoms with E-state index >= 15 is 0 Å². The van der Waals surface area contributed by atoms with Gasteiger partial charge in [-0.3, -0.25) is 14.4 Å². The number of Topliss-reactive ketones (excluding diaryl/α,β-unsaturated/α-hetero) is 1. The molecule has 0 bridgehead atoms. The predicted molar refractivity (Wildman–Crippen MR) is 116 cm³/mol. The van der Waals surface area contributed by atoms with Gasteiger partial charge in [0.2, 0.25) is 0 Å². The first kappa shape index (κ1) is 21.9. The van der Waals surface area contributed by atoms with Crippen molar-refractivity contribution in [1.82, 2.24) is 0 Å². The van der Waals surface area contributed by atoms with Crippen molar-refractivity contribution >= 4 is 17.7 Å². The Balaban J connectivity index is 1.46. The van der Waals surface area contributed by atoms with Gasteiger partial charge in [-0.25, -0.2) is 0 Å². The van der Waals surface area contributed by atoms with Gasteiger partial charge in [-0.1, -0.05) is 26.8 Å². The minimum atomic E-state index is -0.407. The van der Waals surface area contributed by atoms with Crippen molar-refractivity contribution in [2.24, 2.45) is 34.5 Å². The Kier molecular flexibility index (Phi) is 4.80. The zero-order chi connectivity index (χ0) is 23.1. The molecule has 0 amide bonds. The summed E-state index contributed by atoms with van der Waals surface area (Å²) in [4.78, 5) is 35.9. The Labute approximate surface area is 189 Å². The lowest BCUT2D eigenvalue weighted by atomic mass is 9.47. The minimum Gasteiger partial charge on any atom is -0.458 e. The average molecular weight is 443 g/mol. The number of hydrogen-bond donors (Lipinski definition) is 0. The second-order valence-electron chi connectivity index (χ2n) is 11.2. The molecule has 0 radical (unpaired) electrons. The predicted octanol–water partition coefficient (Wildman–Crippen LogP) is 4.13. The summed E-state index contributed by atoms with van der Waals surface area (Å²) < 4.78 is 17.1. The van der Waals surface area contributed by atoms with E-state index in [2.05, 4.69) is 32.9 Å². The summed E-state index contributed by atoms with van der Waals surface area (Å²) in [5, 5.41) is 0. The maximum absolute atomic E-state index is 13.1. The molecule has 6 heteroatoms. The number of rotatable bonds is 4. The molecule has 4 aliphatic carbocycles. The number of allylic oxidation sites excluding steroid dienone is 3. The summed E-state index contributed by atoms with van der Waals surface area (Å²) in [5.41, 5.74) is 0.805. The molecule has 1 heterocycles. The van der Waals surface area contributed by atoms with E-state index in [1.165, 1.54) is 19.4 Å². The van der Waals surface area contributed by atoms with E-state index in [-0.39, 0.29) is 52.7 Å². The number of ether oxygens (including phenoxy) is 3. The van der Waals surface area contributed by atoms with Crippen molar-refractivity contribution in [3.05, 3.63) is 23.5 Å². The number of ketones is 1. The highest BCUT2D eigenvalue weighted by Crippen LogP contribution is 2.75. The van der Waals surface area contributed by atoms with Crippen molar-refractivity contribution in [1.29, 1.82) is 0 Å². The van der Waals surface area contributed by atoms with Crippen molar-refractivity contribution in [2.45, 2.75) is 78.4 Å². The van der Waals surface area contributed by atoms with Crippen molar-refractivity contribution < 1.29 is 28.6 Å². The average Bonchev–Trinajstić information content (AvgIpc) is 3.34. The lowest BCUT2D eigenvalue weighted by Gasteiger charge is -2.54. The van der Waals surface area contributed by atoms with Gasteiger partial charge in [0, 0.05) is 31.6 Å². The second-order valence-corrected chi connectivity index (χ2v) is 11.2. The largest absolute Gasteiger partial charge is 0.458 e. The van der Waals surface area contributed by atoms with Crippen LogP contribution in [0.2, 0.25) is 0 Å². The third-order valence-corrected chi connectivity index (χ3v) is 9.49. The molecule has 8 atom stereocenters. The highest BCUT2D eigenvalue weighted by molar-refractivity contribution is 5.85. The highest BCUT2D eigenvalue weighted by atomic mass is 16.6. The molecule has 0 aromatic rings. The quantitative estimate of drug-likeness (QED) is 0.481. The molecule has 1 spiro atoms. The number of hydrogen-bond acceptors (Lipinski definition) is 6. The number of esters is 2. The van der Waals surface area contributed by atoms with Gasteiger partial charge in [-0.05, 0) is 60.5 Å². The molecule has 0 unspecified atom stereocenters. The molecule has 2 saturated carbocycles. The van der Waals surface area contributed by atoms with E-state index in [1.807, 2.05) is 0 Å². The first-order valence-corrected chi connectivity index (χ1v) is 12.0. The summed E-state index contributed by atoms with van der Waals surface area (Å²) in [6.45, 7) is 9.43. The fourth-order valence-electron chi connectivity index (χ4n) is 8.34. The van der Waals surface area contributed by atoms with Crippen LogP contribution in [0.1, 0.15) is 66.7 Å². The number of fused-ring (bicyclic) bond motifs is 3. The minimum absolute atomic E-state index is 0.0516. The third-order valence-electron chi connectivity index (χ3n) is 9.49. The maximum Gasteiger partial charge on any atom is 0.307 e. The molecular weight excluding hydrogens is 408 g/mol. The Bertz CT molecular complexity index is 948. The van der Waals surface area contributed by atoms with Crippen LogP contribution in [0.5, 0.6) is 0 Å². The van der Waals surface area contributed by atoms with E-state index in [0.717, 1.165) is 37.9 Å². The third kappa shape index (κ3) is 2.84. The fourth-order valence-corrected chi connectivity index (χ4v) is 8.34. The smallest absolute Gasteiger partial charge is 0.307 e. The summed E-state index contributed by atoms with van der Waals surface area (Å²) >= 11 is 0. The molecule has 5 aliphatic rings. The SMILES string of the molecule is CC(=O)OCC(=O)[C@H]1[C@H](C)C[C@H]2[C@@H]3CC=C4C=C(OC(C)=O)CC[C@]4(C)[C@@]34O[C@H]4C[C@@]21C. The summed E-state index contributed by atoms with van der Waals surface area (Å²) in [6, 6.07) is 0. The summed E-state index contributed by atoms with van der Waals surface area (Å²) in [5.74, 6) is 1.06. The van der Waals surface area contributed by atoms with Gasteiger partial charge in [0.25, 0.3) is 0 Å². The van der Waals surface area contributed by atoms with E-state index in [9.17, 15) is 14.4 Å². The van der Waals surface area contributed by atoms with Gasteiger partial charge in [-0.2, -0.15) is 0 Å². The zero-order valence-corrected chi connectivity index (χ0v) is 19.7. The Morgan fingerprint density at radius 2 is 1.91 bits per heavy atom. The molecule has 0 N–H and O–H groups in total. The summed E-state index contributed by atoms with van der Waals surface area (Å²) in [6.07, 6.45) is 8.95. The van der Waals surface area contributed by atoms with Gasteiger partial charge in [0.05, 0.1) is 6.10 Å². The Hall–Kier alpha value is -1.95. The number of carbonyl (C=O) groups excluding carboxylic acids is 3. The van der Waals surface area contributed by atoms with Crippen LogP contribution in [0.15, 0.2) is 23.5 Å². The van der Waals surface area contributed by atoms with E-state index < -0.39 is 5.97 Å². The molecule has 6 nitrogen and oxygen atoms in total. The van der Waals surface area contributed by atoms with Gasteiger partial charge in [-0.15, -0.1) is 0 Å². The van der Waals surface area contributed by atoms with Crippen LogP contribution < -0.4 is 0 Å². The normalized spacial score (nSPS) is 45.8. The van der Waals surface area contributed by atoms with Crippen LogP contribution in [-0.2, 0) is 28.6 Å². The Morgan fingerprint density at radius 1 is 1.16 bits per heavy atom. The number of epoxide rings is 1. The lowest BCUT2D eigenvalue weighted by molar-refractivity contribution is -0.149.